The Morgan fingerprint density at radius 3 is 2.79 bits per heavy atom. The van der Waals surface area contributed by atoms with Gasteiger partial charge in [-0.25, -0.2) is 14.8 Å². The van der Waals surface area contributed by atoms with E-state index in [1.165, 1.54) is 25.2 Å². The zero-order valence-electron chi connectivity index (χ0n) is 11.1. The molecule has 0 aliphatic carbocycles. The number of carboxylic acids is 1. The molecule has 1 fully saturated rings. The van der Waals surface area contributed by atoms with Gasteiger partial charge in [0.2, 0.25) is 0 Å². The molecule has 6 heteroatoms. The molecule has 0 radical (unpaired) electrons. The van der Waals surface area contributed by atoms with Gasteiger partial charge in [0.1, 0.15) is 5.82 Å². The molecule has 1 saturated heterocycles. The Balaban J connectivity index is 1.72. The van der Waals surface area contributed by atoms with Crippen molar-refractivity contribution in [3.8, 4) is 0 Å². The van der Waals surface area contributed by atoms with Crippen LogP contribution in [0, 0.1) is 0 Å². The van der Waals surface area contributed by atoms with Crippen LogP contribution in [-0.2, 0) is 4.74 Å². The lowest BCUT2D eigenvalue weighted by molar-refractivity contribution is 0.0318. The minimum absolute atomic E-state index is 0.0309. The summed E-state index contributed by atoms with van der Waals surface area (Å²) in [6.45, 7) is 4.58. The van der Waals surface area contributed by atoms with Crippen molar-refractivity contribution < 1.29 is 14.6 Å². The van der Waals surface area contributed by atoms with Crippen molar-refractivity contribution in [2.45, 2.75) is 32.3 Å². The molecule has 1 aliphatic rings. The van der Waals surface area contributed by atoms with Gasteiger partial charge in [0.25, 0.3) is 0 Å². The Morgan fingerprint density at radius 1 is 1.42 bits per heavy atom. The molecule has 2 heterocycles. The molecule has 1 aromatic rings. The van der Waals surface area contributed by atoms with E-state index in [9.17, 15) is 4.79 Å². The fraction of sp³-hybridized carbons (Fsp3) is 0.615. The maximum Gasteiger partial charge on any atom is 0.356 e. The van der Waals surface area contributed by atoms with Crippen LogP contribution in [0.25, 0.3) is 0 Å². The molecule has 6 nitrogen and oxygen atoms in total. The summed E-state index contributed by atoms with van der Waals surface area (Å²) in [6.07, 6.45) is 6.56. The summed E-state index contributed by atoms with van der Waals surface area (Å²) >= 11 is 0. The van der Waals surface area contributed by atoms with Crippen LogP contribution in [0.3, 0.4) is 0 Å². The number of carboxylic acid groups (broad SMARTS) is 1. The van der Waals surface area contributed by atoms with Crippen LogP contribution in [0.5, 0.6) is 0 Å². The molecular weight excluding hydrogens is 246 g/mol. The second-order valence-electron chi connectivity index (χ2n) is 4.67. The van der Waals surface area contributed by atoms with Gasteiger partial charge in [0.15, 0.2) is 5.69 Å². The Labute approximate surface area is 112 Å². The van der Waals surface area contributed by atoms with Gasteiger partial charge in [-0.05, 0) is 6.42 Å². The van der Waals surface area contributed by atoms with Crippen molar-refractivity contribution in [2.75, 3.05) is 24.6 Å². The van der Waals surface area contributed by atoms with E-state index in [2.05, 4.69) is 16.9 Å². The Morgan fingerprint density at radius 2 is 2.21 bits per heavy atom. The lowest BCUT2D eigenvalue weighted by Gasteiger charge is -2.39. The van der Waals surface area contributed by atoms with Gasteiger partial charge in [-0.15, -0.1) is 0 Å². The molecule has 1 aromatic heterocycles. The van der Waals surface area contributed by atoms with Crippen LogP contribution >= 0.6 is 0 Å². The molecule has 1 aliphatic heterocycles. The fourth-order valence-corrected chi connectivity index (χ4v) is 1.93. The maximum absolute atomic E-state index is 10.7. The largest absolute Gasteiger partial charge is 0.476 e. The van der Waals surface area contributed by atoms with Crippen LogP contribution in [-0.4, -0.2) is 46.8 Å². The smallest absolute Gasteiger partial charge is 0.356 e. The minimum atomic E-state index is -1.06. The van der Waals surface area contributed by atoms with Crippen LogP contribution < -0.4 is 4.90 Å². The predicted molar refractivity (Wildman–Crippen MR) is 70.5 cm³/mol. The van der Waals surface area contributed by atoms with Crippen molar-refractivity contribution >= 4 is 11.8 Å². The molecule has 19 heavy (non-hydrogen) atoms. The van der Waals surface area contributed by atoms with Crippen LogP contribution in [0.1, 0.15) is 36.7 Å². The molecule has 104 valence electrons. The molecule has 0 saturated carbocycles. The number of unbranched alkanes of at least 4 members (excludes halogenated alkanes) is 2. The molecule has 0 spiro atoms. The third-order valence-corrected chi connectivity index (χ3v) is 3.13. The Bertz CT molecular complexity index is 416. The highest BCUT2D eigenvalue weighted by molar-refractivity contribution is 5.84. The molecule has 1 N–H and O–H groups in total. The first kappa shape index (κ1) is 13.7. The van der Waals surface area contributed by atoms with Crippen molar-refractivity contribution in [3.05, 3.63) is 18.1 Å². The highest BCUT2D eigenvalue weighted by Crippen LogP contribution is 2.19. The van der Waals surface area contributed by atoms with Crippen LogP contribution in [0.4, 0.5) is 5.82 Å². The number of rotatable bonds is 7. The second-order valence-corrected chi connectivity index (χ2v) is 4.67. The average Bonchev–Trinajstić information content (AvgIpc) is 2.36. The number of nitrogens with zero attached hydrogens (tertiary/aromatic N) is 3. The monoisotopic (exact) mass is 265 g/mol. The SMILES string of the molecule is CCCCCOC1CN(c2cnc(C(=O)O)cn2)C1. The first-order valence-corrected chi connectivity index (χ1v) is 6.62. The summed E-state index contributed by atoms with van der Waals surface area (Å²) in [5.74, 6) is -0.349. The molecule has 0 bridgehead atoms. The second kappa shape index (κ2) is 6.47. The Hall–Kier alpha value is -1.69. The summed E-state index contributed by atoms with van der Waals surface area (Å²) in [5, 5.41) is 8.73. The number of aromatic carboxylic acids is 1. The lowest BCUT2D eigenvalue weighted by atomic mass is 10.1. The van der Waals surface area contributed by atoms with Gasteiger partial charge in [-0.2, -0.15) is 0 Å². The van der Waals surface area contributed by atoms with E-state index in [1.54, 1.807) is 0 Å². The number of carbonyl (C=O) groups is 1. The van der Waals surface area contributed by atoms with Crippen molar-refractivity contribution in [1.29, 1.82) is 0 Å². The van der Waals surface area contributed by atoms with Gasteiger partial charge < -0.3 is 14.7 Å². The normalized spacial score (nSPS) is 15.3. The van der Waals surface area contributed by atoms with E-state index in [1.807, 2.05) is 4.90 Å². The maximum atomic E-state index is 10.7. The topological polar surface area (TPSA) is 75.5 Å². The van der Waals surface area contributed by atoms with Gasteiger partial charge in [0, 0.05) is 19.7 Å². The molecule has 0 amide bonds. The first-order valence-electron chi connectivity index (χ1n) is 6.62. The third-order valence-electron chi connectivity index (χ3n) is 3.13. The lowest BCUT2D eigenvalue weighted by Crippen LogP contribution is -2.52. The summed E-state index contributed by atoms with van der Waals surface area (Å²) in [5.41, 5.74) is -0.0309. The summed E-state index contributed by atoms with van der Waals surface area (Å²) < 4.78 is 5.71. The first-order chi connectivity index (χ1) is 9.20. The van der Waals surface area contributed by atoms with Gasteiger partial charge >= 0.3 is 5.97 Å². The molecular formula is C13H19N3O3. The third kappa shape index (κ3) is 3.64. The van der Waals surface area contributed by atoms with E-state index in [4.69, 9.17) is 9.84 Å². The van der Waals surface area contributed by atoms with E-state index < -0.39 is 5.97 Å². The van der Waals surface area contributed by atoms with Gasteiger partial charge in [-0.3, -0.25) is 0 Å². The zero-order chi connectivity index (χ0) is 13.7. The fourth-order valence-electron chi connectivity index (χ4n) is 1.93. The van der Waals surface area contributed by atoms with Crippen LogP contribution in [0.2, 0.25) is 0 Å². The van der Waals surface area contributed by atoms with Crippen LogP contribution in [0.15, 0.2) is 12.4 Å². The molecule has 2 rings (SSSR count). The Kier molecular flexibility index (Phi) is 4.68. The van der Waals surface area contributed by atoms with E-state index in [-0.39, 0.29) is 11.8 Å². The zero-order valence-corrected chi connectivity index (χ0v) is 11.1. The summed E-state index contributed by atoms with van der Waals surface area (Å²) in [6, 6.07) is 0. The summed E-state index contributed by atoms with van der Waals surface area (Å²) in [7, 11) is 0. The van der Waals surface area contributed by atoms with E-state index in [0.717, 1.165) is 26.1 Å². The molecule has 0 aromatic carbocycles. The predicted octanol–water partition coefficient (Wildman–Crippen LogP) is 1.57. The highest BCUT2D eigenvalue weighted by atomic mass is 16.5. The number of hydrogen-bond donors (Lipinski definition) is 1. The van der Waals surface area contributed by atoms with Gasteiger partial charge in [-0.1, -0.05) is 19.8 Å². The number of hydrogen-bond acceptors (Lipinski definition) is 5. The minimum Gasteiger partial charge on any atom is -0.476 e. The van der Waals surface area contributed by atoms with Crippen molar-refractivity contribution in [1.82, 2.24) is 9.97 Å². The van der Waals surface area contributed by atoms with Crippen molar-refractivity contribution in [3.63, 3.8) is 0 Å². The number of aromatic nitrogens is 2. The average molecular weight is 265 g/mol. The standard InChI is InChI=1S/C13H19N3O3/c1-2-3-4-5-19-10-8-16(9-10)12-7-14-11(6-15-12)13(17)18/h6-7,10H,2-5,8-9H2,1H3,(H,17,18). The number of ether oxygens (including phenoxy) is 1. The van der Waals surface area contributed by atoms with Gasteiger partial charge in [0.05, 0.1) is 18.5 Å². The molecule has 0 atom stereocenters. The van der Waals surface area contributed by atoms with E-state index in [0.29, 0.717) is 5.82 Å². The molecule has 0 unspecified atom stereocenters. The van der Waals surface area contributed by atoms with E-state index >= 15 is 0 Å². The highest BCUT2D eigenvalue weighted by Gasteiger charge is 2.28. The van der Waals surface area contributed by atoms with Crippen molar-refractivity contribution in [2.24, 2.45) is 0 Å². The quantitative estimate of drug-likeness (QED) is 0.754. The number of anilines is 1. The summed E-state index contributed by atoms with van der Waals surface area (Å²) in [4.78, 5) is 20.6.